The molecule has 0 N–H and O–H groups in total. The average Bonchev–Trinajstić information content (AvgIpc) is 2.63. The molecule has 10 nitrogen and oxygen atoms in total. The SMILES string of the molecule is CN(CCCOC(=O)/C=C/C(=O)OCCCN(C)C(=O)OC(C)(C)C)C(=O)OC(C)(C)C. The van der Waals surface area contributed by atoms with E-state index < -0.39 is 35.3 Å². The Balaban J connectivity index is 4.00. The molecule has 10 heteroatoms. The van der Waals surface area contributed by atoms with E-state index >= 15 is 0 Å². The van der Waals surface area contributed by atoms with E-state index in [-0.39, 0.29) is 13.2 Å². The highest BCUT2D eigenvalue weighted by atomic mass is 16.6. The first kappa shape index (κ1) is 29.2. The van der Waals surface area contributed by atoms with Crippen LogP contribution in [0.15, 0.2) is 12.2 Å². The zero-order valence-corrected chi connectivity index (χ0v) is 20.6. The van der Waals surface area contributed by atoms with Crippen LogP contribution in [-0.4, -0.2) is 85.5 Å². The van der Waals surface area contributed by atoms with E-state index in [1.54, 1.807) is 55.6 Å². The first-order chi connectivity index (χ1) is 14.6. The molecule has 0 aliphatic rings. The fourth-order valence-corrected chi connectivity index (χ4v) is 2.04. The van der Waals surface area contributed by atoms with Crippen LogP contribution in [0.1, 0.15) is 54.4 Å². The molecule has 0 saturated carbocycles. The average molecular weight is 459 g/mol. The smallest absolute Gasteiger partial charge is 0.410 e. The van der Waals surface area contributed by atoms with Crippen molar-refractivity contribution in [2.45, 2.75) is 65.6 Å². The third kappa shape index (κ3) is 16.0. The van der Waals surface area contributed by atoms with Crippen LogP contribution in [0.25, 0.3) is 0 Å². The molecular weight excluding hydrogens is 420 g/mol. The second-order valence-electron chi connectivity index (χ2n) is 9.18. The minimum absolute atomic E-state index is 0.0857. The number of carbonyl (C=O) groups is 4. The largest absolute Gasteiger partial charge is 0.462 e. The lowest BCUT2D eigenvalue weighted by Gasteiger charge is -2.24. The van der Waals surface area contributed by atoms with Gasteiger partial charge in [0, 0.05) is 39.3 Å². The van der Waals surface area contributed by atoms with Crippen LogP contribution in [0.2, 0.25) is 0 Å². The lowest BCUT2D eigenvalue weighted by molar-refractivity contribution is -0.140. The second-order valence-corrected chi connectivity index (χ2v) is 9.18. The number of hydrogen-bond donors (Lipinski definition) is 0. The van der Waals surface area contributed by atoms with Crippen LogP contribution in [0.5, 0.6) is 0 Å². The Morgan fingerprint density at radius 2 is 0.969 bits per heavy atom. The molecule has 0 aliphatic heterocycles. The zero-order valence-electron chi connectivity index (χ0n) is 20.6. The number of rotatable bonds is 10. The molecule has 0 unspecified atom stereocenters. The third-order valence-electron chi connectivity index (χ3n) is 3.53. The maximum atomic E-state index is 11.8. The lowest BCUT2D eigenvalue weighted by atomic mass is 10.2. The summed E-state index contributed by atoms with van der Waals surface area (Å²) in [5.74, 6) is -1.38. The fraction of sp³-hybridized carbons (Fsp3) is 0.727. The molecule has 0 aromatic heterocycles. The van der Waals surface area contributed by atoms with Gasteiger partial charge in [-0.1, -0.05) is 0 Å². The van der Waals surface area contributed by atoms with Gasteiger partial charge in [0.05, 0.1) is 13.2 Å². The van der Waals surface area contributed by atoms with Crippen molar-refractivity contribution in [3.8, 4) is 0 Å². The molecule has 0 saturated heterocycles. The Morgan fingerprint density at radius 3 is 1.25 bits per heavy atom. The van der Waals surface area contributed by atoms with Crippen LogP contribution in [-0.2, 0) is 28.5 Å². The first-order valence-corrected chi connectivity index (χ1v) is 10.5. The summed E-state index contributed by atoms with van der Waals surface area (Å²) in [5.41, 5.74) is -1.16. The molecular formula is C22H38N2O8. The van der Waals surface area contributed by atoms with Gasteiger partial charge in [0.1, 0.15) is 11.2 Å². The fourth-order valence-electron chi connectivity index (χ4n) is 2.04. The molecule has 32 heavy (non-hydrogen) atoms. The molecule has 0 atom stereocenters. The highest BCUT2D eigenvalue weighted by Gasteiger charge is 2.20. The first-order valence-electron chi connectivity index (χ1n) is 10.5. The second kappa shape index (κ2) is 13.6. The monoisotopic (exact) mass is 458 g/mol. The summed E-state index contributed by atoms with van der Waals surface area (Å²) in [6.45, 7) is 11.5. The molecule has 0 radical (unpaired) electrons. The van der Waals surface area contributed by atoms with Gasteiger partial charge in [0.2, 0.25) is 0 Å². The van der Waals surface area contributed by atoms with Crippen molar-refractivity contribution in [2.24, 2.45) is 0 Å². The Labute approximate surface area is 190 Å². The van der Waals surface area contributed by atoms with Crippen LogP contribution in [0, 0.1) is 0 Å². The summed E-state index contributed by atoms with van der Waals surface area (Å²) >= 11 is 0. The van der Waals surface area contributed by atoms with Crippen molar-refractivity contribution in [1.29, 1.82) is 0 Å². The summed E-state index contributed by atoms with van der Waals surface area (Å²) in [6, 6.07) is 0. The van der Waals surface area contributed by atoms with Gasteiger partial charge in [-0.2, -0.15) is 0 Å². The normalized spacial score (nSPS) is 11.6. The molecule has 2 amide bonds. The minimum Gasteiger partial charge on any atom is -0.462 e. The standard InChI is InChI=1S/C22H38N2O8/c1-21(2,3)31-19(27)23(7)13-9-15-29-17(25)11-12-18(26)30-16-10-14-24(8)20(28)32-22(4,5)6/h11-12H,9-10,13-16H2,1-8H3/b12-11+. The molecule has 0 spiro atoms. The van der Waals surface area contributed by atoms with Gasteiger partial charge in [-0.25, -0.2) is 19.2 Å². The third-order valence-corrected chi connectivity index (χ3v) is 3.53. The Morgan fingerprint density at radius 1 is 0.656 bits per heavy atom. The van der Waals surface area contributed by atoms with Crippen LogP contribution < -0.4 is 0 Å². The van der Waals surface area contributed by atoms with E-state index in [1.165, 1.54) is 9.80 Å². The van der Waals surface area contributed by atoms with Crippen LogP contribution in [0.3, 0.4) is 0 Å². The highest BCUT2D eigenvalue weighted by molar-refractivity contribution is 5.91. The van der Waals surface area contributed by atoms with E-state index in [1.807, 2.05) is 0 Å². The highest BCUT2D eigenvalue weighted by Crippen LogP contribution is 2.10. The maximum Gasteiger partial charge on any atom is 0.410 e. The van der Waals surface area contributed by atoms with Crippen molar-refractivity contribution in [2.75, 3.05) is 40.4 Å². The molecule has 0 aromatic rings. The van der Waals surface area contributed by atoms with E-state index in [0.717, 1.165) is 12.2 Å². The minimum atomic E-state index is -0.688. The molecule has 0 bridgehead atoms. The maximum absolute atomic E-state index is 11.8. The predicted molar refractivity (Wildman–Crippen MR) is 118 cm³/mol. The van der Waals surface area contributed by atoms with Crippen molar-refractivity contribution in [3.63, 3.8) is 0 Å². The molecule has 184 valence electrons. The number of carbonyl (C=O) groups excluding carboxylic acids is 4. The Hall–Kier alpha value is -2.78. The summed E-state index contributed by atoms with van der Waals surface area (Å²) < 4.78 is 20.4. The number of ether oxygens (including phenoxy) is 4. The number of amides is 2. The zero-order chi connectivity index (χ0) is 24.9. The van der Waals surface area contributed by atoms with Gasteiger partial charge < -0.3 is 28.7 Å². The summed E-state index contributed by atoms with van der Waals surface area (Å²) in [5, 5.41) is 0. The quantitative estimate of drug-likeness (QED) is 0.212. The molecule has 0 fully saturated rings. The van der Waals surface area contributed by atoms with E-state index in [0.29, 0.717) is 25.9 Å². The Bertz CT molecular complexity index is 606. The van der Waals surface area contributed by atoms with Crippen molar-refractivity contribution in [3.05, 3.63) is 12.2 Å². The topological polar surface area (TPSA) is 112 Å². The number of hydrogen-bond acceptors (Lipinski definition) is 8. The van der Waals surface area contributed by atoms with Gasteiger partial charge in [-0.05, 0) is 54.4 Å². The number of esters is 2. The molecule has 0 heterocycles. The molecule has 0 rings (SSSR count). The van der Waals surface area contributed by atoms with Crippen molar-refractivity contribution >= 4 is 24.1 Å². The summed E-state index contributed by atoms with van der Waals surface area (Å²) in [6.07, 6.45) is 1.89. The summed E-state index contributed by atoms with van der Waals surface area (Å²) in [4.78, 5) is 49.7. The van der Waals surface area contributed by atoms with Crippen LogP contribution in [0.4, 0.5) is 9.59 Å². The number of nitrogens with zero attached hydrogens (tertiary/aromatic N) is 2. The van der Waals surface area contributed by atoms with Gasteiger partial charge in [0.25, 0.3) is 0 Å². The molecule has 0 aromatic carbocycles. The van der Waals surface area contributed by atoms with Gasteiger partial charge >= 0.3 is 24.1 Å². The van der Waals surface area contributed by atoms with Gasteiger partial charge in [-0.3, -0.25) is 0 Å². The van der Waals surface area contributed by atoms with Gasteiger partial charge in [0.15, 0.2) is 0 Å². The predicted octanol–water partition coefficient (Wildman–Crippen LogP) is 3.14. The van der Waals surface area contributed by atoms with Crippen molar-refractivity contribution in [1.82, 2.24) is 9.80 Å². The Kier molecular flexibility index (Phi) is 12.4. The summed E-state index contributed by atoms with van der Waals surface area (Å²) in [7, 11) is 3.19. The van der Waals surface area contributed by atoms with E-state index in [4.69, 9.17) is 18.9 Å². The van der Waals surface area contributed by atoms with E-state index in [9.17, 15) is 19.2 Å². The lowest BCUT2D eigenvalue weighted by Crippen LogP contribution is -2.35. The van der Waals surface area contributed by atoms with Gasteiger partial charge in [-0.15, -0.1) is 0 Å². The van der Waals surface area contributed by atoms with Crippen molar-refractivity contribution < 1.29 is 38.1 Å². The molecule has 0 aliphatic carbocycles. The van der Waals surface area contributed by atoms with Crippen LogP contribution >= 0.6 is 0 Å². The van der Waals surface area contributed by atoms with E-state index in [2.05, 4.69) is 0 Å².